The van der Waals surface area contributed by atoms with E-state index in [2.05, 4.69) is 35.0 Å². The van der Waals surface area contributed by atoms with E-state index in [0.717, 1.165) is 28.0 Å². The normalized spacial score (nSPS) is 35.3. The molecule has 0 spiro atoms. The van der Waals surface area contributed by atoms with Crippen LogP contribution in [0.25, 0.3) is 0 Å². The van der Waals surface area contributed by atoms with Gasteiger partial charge in [-0.15, -0.1) is 0 Å². The lowest BCUT2D eigenvalue weighted by molar-refractivity contribution is 0.0496. The van der Waals surface area contributed by atoms with Gasteiger partial charge in [0, 0.05) is 7.11 Å². The Kier molecular flexibility index (Phi) is 4.21. The summed E-state index contributed by atoms with van der Waals surface area (Å²) in [5.74, 6) is 3.55. The summed E-state index contributed by atoms with van der Waals surface area (Å²) in [5, 5.41) is 0. The van der Waals surface area contributed by atoms with Crippen molar-refractivity contribution < 1.29 is 9.47 Å². The number of ether oxygens (including phenoxy) is 2. The molecule has 0 N–H and O–H groups in total. The lowest BCUT2D eigenvalue weighted by Gasteiger charge is -2.49. The van der Waals surface area contributed by atoms with Crippen LogP contribution in [0.3, 0.4) is 0 Å². The van der Waals surface area contributed by atoms with Crippen LogP contribution in [0.4, 0.5) is 0 Å². The molecule has 0 radical (unpaired) electrons. The monoisotopic (exact) mass is 378 g/mol. The minimum absolute atomic E-state index is 0.309. The molecule has 1 aromatic rings. The number of hydrogen-bond donors (Lipinski definition) is 0. The Balaban J connectivity index is 1.65. The summed E-state index contributed by atoms with van der Waals surface area (Å²) in [6.07, 6.45) is 9.69. The van der Waals surface area contributed by atoms with Gasteiger partial charge in [-0.25, -0.2) is 0 Å². The van der Waals surface area contributed by atoms with Gasteiger partial charge in [0.05, 0.1) is 4.47 Å². The van der Waals surface area contributed by atoms with Crippen LogP contribution < -0.4 is 4.74 Å². The maximum atomic E-state index is 5.70. The third-order valence-electron chi connectivity index (χ3n) is 6.92. The number of methoxy groups -OCH3 is 1. The first kappa shape index (κ1) is 16.0. The standard InChI is InChI=1S/C20H27BrO2/c1-20-10-3-4-17(20)15-5-6-16-13(14(15)9-11-20)7-8-18(19(16)21)23-12-22-2/h7-8,14-15,17H,3-6,9-12H2,1-2H3/t14-,15-,17+,20+/m1/s1. The smallest absolute Gasteiger partial charge is 0.188 e. The van der Waals surface area contributed by atoms with Crippen LogP contribution in [0.5, 0.6) is 5.75 Å². The Bertz CT molecular complexity index is 600. The molecule has 2 nitrogen and oxygen atoms in total. The fourth-order valence-electron chi connectivity index (χ4n) is 5.83. The van der Waals surface area contributed by atoms with Gasteiger partial charge in [-0.2, -0.15) is 0 Å². The zero-order valence-corrected chi connectivity index (χ0v) is 15.8. The largest absolute Gasteiger partial charge is 0.466 e. The zero-order valence-electron chi connectivity index (χ0n) is 14.2. The molecule has 0 heterocycles. The second kappa shape index (κ2) is 6.07. The minimum Gasteiger partial charge on any atom is -0.466 e. The van der Waals surface area contributed by atoms with Crippen LogP contribution in [-0.2, 0) is 11.2 Å². The molecule has 3 heteroatoms. The summed E-state index contributed by atoms with van der Waals surface area (Å²) in [5.41, 5.74) is 3.71. The molecule has 3 aliphatic rings. The van der Waals surface area contributed by atoms with Crippen molar-refractivity contribution in [1.82, 2.24) is 0 Å². The van der Waals surface area contributed by atoms with Gasteiger partial charge in [0.25, 0.3) is 0 Å². The quantitative estimate of drug-likeness (QED) is 0.630. The maximum absolute atomic E-state index is 5.70. The second-order valence-electron chi connectivity index (χ2n) is 8.00. The van der Waals surface area contributed by atoms with E-state index in [1.54, 1.807) is 12.7 Å². The summed E-state index contributed by atoms with van der Waals surface area (Å²) in [7, 11) is 1.66. The Hall–Kier alpha value is -0.540. The van der Waals surface area contributed by atoms with Crippen molar-refractivity contribution in [2.75, 3.05) is 13.9 Å². The Morgan fingerprint density at radius 3 is 2.91 bits per heavy atom. The predicted molar refractivity (Wildman–Crippen MR) is 95.9 cm³/mol. The van der Waals surface area contributed by atoms with Crippen LogP contribution >= 0.6 is 15.9 Å². The molecule has 0 unspecified atom stereocenters. The number of hydrogen-bond acceptors (Lipinski definition) is 2. The predicted octanol–water partition coefficient (Wildman–Crippen LogP) is 5.68. The van der Waals surface area contributed by atoms with Crippen molar-refractivity contribution in [2.24, 2.45) is 17.3 Å². The van der Waals surface area contributed by atoms with Gasteiger partial charge in [0.2, 0.25) is 0 Å². The average Bonchev–Trinajstić information content (AvgIpc) is 2.96. The summed E-state index contributed by atoms with van der Waals surface area (Å²) in [4.78, 5) is 0. The Morgan fingerprint density at radius 1 is 1.22 bits per heavy atom. The molecule has 4 atom stereocenters. The topological polar surface area (TPSA) is 18.5 Å². The SMILES string of the molecule is COCOc1ccc2c(c1Br)CC[C@@H]1[C@@H]2CC[C@]2(C)CCC[C@@H]12. The molecule has 126 valence electrons. The van der Waals surface area contributed by atoms with Crippen molar-refractivity contribution in [1.29, 1.82) is 0 Å². The molecular formula is C20H27BrO2. The van der Waals surface area contributed by atoms with Gasteiger partial charge >= 0.3 is 0 Å². The van der Waals surface area contributed by atoms with Crippen molar-refractivity contribution in [2.45, 2.75) is 57.8 Å². The van der Waals surface area contributed by atoms with Crippen LogP contribution in [-0.4, -0.2) is 13.9 Å². The molecule has 0 aromatic heterocycles. The van der Waals surface area contributed by atoms with Gasteiger partial charge in [-0.05, 0) is 94.8 Å². The highest BCUT2D eigenvalue weighted by Gasteiger charge is 2.50. The highest BCUT2D eigenvalue weighted by Crippen LogP contribution is 2.61. The van der Waals surface area contributed by atoms with E-state index < -0.39 is 0 Å². The first-order valence-electron chi connectivity index (χ1n) is 9.07. The van der Waals surface area contributed by atoms with Gasteiger partial charge in [-0.3, -0.25) is 0 Å². The van der Waals surface area contributed by atoms with Crippen molar-refractivity contribution in [3.05, 3.63) is 27.7 Å². The summed E-state index contributed by atoms with van der Waals surface area (Å²) >= 11 is 3.80. The molecule has 0 bridgehead atoms. The van der Waals surface area contributed by atoms with E-state index >= 15 is 0 Å². The van der Waals surface area contributed by atoms with Gasteiger partial charge in [0.1, 0.15) is 5.75 Å². The van der Waals surface area contributed by atoms with Crippen molar-refractivity contribution in [3.63, 3.8) is 0 Å². The highest BCUT2D eigenvalue weighted by atomic mass is 79.9. The van der Waals surface area contributed by atoms with Crippen molar-refractivity contribution in [3.8, 4) is 5.75 Å². The fraction of sp³-hybridized carbons (Fsp3) is 0.700. The summed E-state index contributed by atoms with van der Waals surface area (Å²) in [6.45, 7) is 2.87. The van der Waals surface area contributed by atoms with Gasteiger partial charge in [0.15, 0.2) is 6.79 Å². The first-order chi connectivity index (χ1) is 11.1. The molecule has 0 aliphatic heterocycles. The van der Waals surface area contributed by atoms with Crippen LogP contribution in [0.15, 0.2) is 16.6 Å². The Morgan fingerprint density at radius 2 is 2.09 bits per heavy atom. The molecule has 0 saturated heterocycles. The van der Waals surface area contributed by atoms with Crippen LogP contribution in [0.2, 0.25) is 0 Å². The molecule has 23 heavy (non-hydrogen) atoms. The van der Waals surface area contributed by atoms with Crippen molar-refractivity contribution >= 4 is 15.9 Å². The summed E-state index contributed by atoms with van der Waals surface area (Å²) in [6, 6.07) is 4.46. The third-order valence-corrected chi connectivity index (χ3v) is 7.79. The molecule has 2 fully saturated rings. The molecule has 1 aromatic carbocycles. The van der Waals surface area contributed by atoms with E-state index in [4.69, 9.17) is 9.47 Å². The number of fused-ring (bicyclic) bond motifs is 5. The third kappa shape index (κ3) is 2.55. The fourth-order valence-corrected chi connectivity index (χ4v) is 6.50. The van der Waals surface area contributed by atoms with E-state index in [1.807, 2.05) is 0 Å². The lowest BCUT2D eigenvalue weighted by Crippen LogP contribution is -2.39. The number of halogens is 1. The second-order valence-corrected chi connectivity index (χ2v) is 8.79. The molecule has 0 amide bonds. The average molecular weight is 379 g/mol. The van der Waals surface area contributed by atoms with E-state index in [0.29, 0.717) is 12.2 Å². The van der Waals surface area contributed by atoms with E-state index in [-0.39, 0.29) is 0 Å². The van der Waals surface area contributed by atoms with Gasteiger partial charge < -0.3 is 9.47 Å². The zero-order chi connectivity index (χ0) is 16.0. The van der Waals surface area contributed by atoms with Crippen LogP contribution in [0, 0.1) is 17.3 Å². The highest BCUT2D eigenvalue weighted by molar-refractivity contribution is 9.10. The summed E-state index contributed by atoms with van der Waals surface area (Å²) < 4.78 is 11.9. The maximum Gasteiger partial charge on any atom is 0.188 e. The molecule has 3 aliphatic carbocycles. The minimum atomic E-state index is 0.309. The van der Waals surface area contributed by atoms with Crippen LogP contribution in [0.1, 0.15) is 62.5 Å². The number of rotatable bonds is 3. The lowest BCUT2D eigenvalue weighted by atomic mass is 9.56. The Labute approximate surface area is 148 Å². The van der Waals surface area contributed by atoms with Gasteiger partial charge in [-0.1, -0.05) is 19.4 Å². The first-order valence-corrected chi connectivity index (χ1v) is 9.86. The molecular weight excluding hydrogens is 352 g/mol. The molecule has 4 rings (SSSR count). The van der Waals surface area contributed by atoms with E-state index in [1.165, 1.54) is 50.5 Å². The molecule has 2 saturated carbocycles. The van der Waals surface area contributed by atoms with E-state index in [9.17, 15) is 0 Å². The number of benzene rings is 1.